The molecule has 0 aromatic rings. The summed E-state index contributed by atoms with van der Waals surface area (Å²) in [6.07, 6.45) is 44.0. The molecule has 55 heavy (non-hydrogen) atoms. The average molecular weight is 794 g/mol. The molecule has 10 heteroatoms. The van der Waals surface area contributed by atoms with Gasteiger partial charge in [0.15, 0.2) is 6.10 Å². The van der Waals surface area contributed by atoms with Crippen molar-refractivity contribution in [2.75, 3.05) is 47.5 Å². The van der Waals surface area contributed by atoms with E-state index in [1.807, 2.05) is 57.6 Å². The van der Waals surface area contributed by atoms with Crippen LogP contribution in [0.3, 0.4) is 0 Å². The number of rotatable bonds is 38. The number of carbonyl (C=O) groups is 2. The van der Waals surface area contributed by atoms with Gasteiger partial charge in [0.05, 0.1) is 27.7 Å². The second-order valence-electron chi connectivity index (χ2n) is 15.4. The molecule has 2 atom stereocenters. The molecule has 0 radical (unpaired) electrons. The number of quaternary nitrogens is 1. The lowest BCUT2D eigenvalue weighted by Crippen LogP contribution is -2.37. The Morgan fingerprint density at radius 1 is 0.582 bits per heavy atom. The maximum Gasteiger partial charge on any atom is 0.306 e. The third-order valence-corrected chi connectivity index (χ3v) is 9.83. The first-order valence-corrected chi connectivity index (χ1v) is 23.0. The molecule has 9 nitrogen and oxygen atoms in total. The highest BCUT2D eigenvalue weighted by Gasteiger charge is 2.21. The van der Waals surface area contributed by atoms with Crippen molar-refractivity contribution in [3.63, 3.8) is 0 Å². The summed E-state index contributed by atoms with van der Waals surface area (Å²) in [7, 11) is 1.12. The van der Waals surface area contributed by atoms with E-state index in [-0.39, 0.29) is 26.1 Å². The van der Waals surface area contributed by atoms with Gasteiger partial charge in [-0.1, -0.05) is 152 Å². The van der Waals surface area contributed by atoms with Gasteiger partial charge in [-0.2, -0.15) is 0 Å². The van der Waals surface area contributed by atoms with Crippen molar-refractivity contribution >= 4 is 19.8 Å². The van der Waals surface area contributed by atoms with Crippen LogP contribution in [0.4, 0.5) is 0 Å². The fraction of sp³-hybridized carbons (Fsp3) is 0.733. The standard InChI is InChI=1S/C45H80NO8P/c1-6-8-10-12-14-16-18-20-21-22-23-24-26-27-29-31-33-35-37-44(47)51-41-43(42-53-55(49,50)52-40-39-46(3,4)5)54-45(48)38-36-34-32-30-28-25-19-17-15-13-11-9-7-2/h9,11,13,15,17,19,23-25,28,43H,6-8,10,12,14,16,18,20-22,26-27,29-42H2,1-5H3/b11-9+,15-13+,19-17+,24-23+,28-25+. The van der Waals surface area contributed by atoms with Crippen LogP contribution in [-0.4, -0.2) is 70.0 Å². The highest BCUT2D eigenvalue weighted by molar-refractivity contribution is 7.45. The lowest BCUT2D eigenvalue weighted by atomic mass is 10.1. The van der Waals surface area contributed by atoms with Crippen molar-refractivity contribution in [2.45, 2.75) is 168 Å². The Bertz CT molecular complexity index is 1120. The zero-order chi connectivity index (χ0) is 40.7. The summed E-state index contributed by atoms with van der Waals surface area (Å²) in [6, 6.07) is 0. The molecule has 0 aliphatic heterocycles. The van der Waals surface area contributed by atoms with Crippen LogP contribution in [0.5, 0.6) is 0 Å². The molecule has 318 valence electrons. The zero-order valence-corrected chi connectivity index (χ0v) is 36.5. The number of ether oxygens (including phenoxy) is 2. The summed E-state index contributed by atoms with van der Waals surface area (Å²) in [6.45, 7) is 4.01. The molecule has 0 aromatic carbocycles. The number of esters is 2. The molecule has 0 aromatic heterocycles. The van der Waals surface area contributed by atoms with E-state index in [2.05, 4.69) is 38.2 Å². The van der Waals surface area contributed by atoms with Crippen LogP contribution >= 0.6 is 7.82 Å². The predicted molar refractivity (Wildman–Crippen MR) is 226 cm³/mol. The van der Waals surface area contributed by atoms with Gasteiger partial charge >= 0.3 is 11.9 Å². The van der Waals surface area contributed by atoms with Crippen LogP contribution in [-0.2, 0) is 32.7 Å². The molecule has 2 unspecified atom stereocenters. The van der Waals surface area contributed by atoms with Crippen molar-refractivity contribution in [3.05, 3.63) is 60.8 Å². The van der Waals surface area contributed by atoms with Gasteiger partial charge in [-0.3, -0.25) is 14.2 Å². The molecule has 0 heterocycles. The molecule has 0 aliphatic rings. The van der Waals surface area contributed by atoms with E-state index >= 15 is 0 Å². The number of likely N-dealkylation sites (N-methyl/N-ethyl adjacent to an activating group) is 1. The second-order valence-corrected chi connectivity index (χ2v) is 16.8. The molecular weight excluding hydrogens is 713 g/mol. The van der Waals surface area contributed by atoms with Crippen molar-refractivity contribution < 1.29 is 42.1 Å². The Morgan fingerprint density at radius 3 is 1.62 bits per heavy atom. The second kappa shape index (κ2) is 37.3. The van der Waals surface area contributed by atoms with Crippen molar-refractivity contribution in [1.29, 1.82) is 0 Å². The van der Waals surface area contributed by atoms with E-state index in [0.717, 1.165) is 57.8 Å². The third-order valence-electron chi connectivity index (χ3n) is 8.87. The van der Waals surface area contributed by atoms with Crippen LogP contribution in [0.2, 0.25) is 0 Å². The number of hydrogen-bond acceptors (Lipinski definition) is 8. The molecule has 0 saturated carbocycles. The van der Waals surface area contributed by atoms with E-state index < -0.39 is 32.5 Å². The van der Waals surface area contributed by atoms with Gasteiger partial charge in [0.1, 0.15) is 19.8 Å². The smallest absolute Gasteiger partial charge is 0.306 e. The van der Waals surface area contributed by atoms with E-state index in [1.165, 1.54) is 64.2 Å². The summed E-state index contributed by atoms with van der Waals surface area (Å²) in [5.41, 5.74) is 0. The van der Waals surface area contributed by atoms with Gasteiger partial charge in [-0.05, 0) is 57.8 Å². The quantitative estimate of drug-likeness (QED) is 0.0152. The van der Waals surface area contributed by atoms with Crippen LogP contribution in [0, 0.1) is 0 Å². The highest BCUT2D eigenvalue weighted by Crippen LogP contribution is 2.38. The van der Waals surface area contributed by atoms with Crippen LogP contribution in [0.25, 0.3) is 0 Å². The Balaban J connectivity index is 4.41. The predicted octanol–water partition coefficient (Wildman–Crippen LogP) is 11.4. The normalized spacial score (nSPS) is 14.2. The number of hydrogen-bond donors (Lipinski definition) is 0. The topological polar surface area (TPSA) is 111 Å². The number of carbonyl (C=O) groups excluding carboxylic acids is 2. The molecule has 0 N–H and O–H groups in total. The van der Waals surface area contributed by atoms with Crippen molar-refractivity contribution in [3.8, 4) is 0 Å². The van der Waals surface area contributed by atoms with Gasteiger partial charge in [0, 0.05) is 12.8 Å². The van der Waals surface area contributed by atoms with Crippen LogP contribution in [0.15, 0.2) is 60.8 Å². The van der Waals surface area contributed by atoms with Gasteiger partial charge in [-0.15, -0.1) is 0 Å². The monoisotopic (exact) mass is 794 g/mol. The van der Waals surface area contributed by atoms with E-state index in [9.17, 15) is 19.0 Å². The molecule has 0 rings (SSSR count). The zero-order valence-electron chi connectivity index (χ0n) is 35.6. The highest BCUT2D eigenvalue weighted by atomic mass is 31.2. The van der Waals surface area contributed by atoms with E-state index in [1.54, 1.807) is 0 Å². The maximum absolute atomic E-state index is 12.6. The number of phosphoric ester groups is 1. The minimum Gasteiger partial charge on any atom is -0.756 e. The first-order valence-electron chi connectivity index (χ1n) is 21.5. The lowest BCUT2D eigenvalue weighted by Gasteiger charge is -2.28. The summed E-state index contributed by atoms with van der Waals surface area (Å²) >= 11 is 0. The molecular formula is C45H80NO8P. The first-order chi connectivity index (χ1) is 26.5. The van der Waals surface area contributed by atoms with Crippen molar-refractivity contribution in [2.24, 2.45) is 0 Å². The molecule has 0 saturated heterocycles. The average Bonchev–Trinajstić information content (AvgIpc) is 3.13. The van der Waals surface area contributed by atoms with E-state index in [4.69, 9.17) is 18.5 Å². The van der Waals surface area contributed by atoms with Gasteiger partial charge in [0.25, 0.3) is 7.82 Å². The Morgan fingerprint density at radius 2 is 1.05 bits per heavy atom. The van der Waals surface area contributed by atoms with Gasteiger partial charge < -0.3 is 27.9 Å². The summed E-state index contributed by atoms with van der Waals surface area (Å²) < 4.78 is 33.8. The molecule has 0 aliphatic carbocycles. The van der Waals surface area contributed by atoms with Gasteiger partial charge in [-0.25, -0.2) is 0 Å². The Hall–Kier alpha value is -2.29. The fourth-order valence-corrected chi connectivity index (χ4v) is 6.21. The molecule has 0 amide bonds. The lowest BCUT2D eigenvalue weighted by molar-refractivity contribution is -0.870. The number of unbranched alkanes of at least 4 members (excludes halogenated alkanes) is 17. The Labute approximate surface area is 336 Å². The molecule has 0 fully saturated rings. The first kappa shape index (κ1) is 52.7. The van der Waals surface area contributed by atoms with Gasteiger partial charge in [0.2, 0.25) is 0 Å². The van der Waals surface area contributed by atoms with E-state index in [0.29, 0.717) is 23.9 Å². The SMILES string of the molecule is CC/C=C/C=C/C=C/C=C/CCCCCC(=O)OC(COC(=O)CCCCCCC/C=C/CCCCCCCCCCC)COP(=O)([O-])OCC[N+](C)(C)C. The number of nitrogens with zero attached hydrogens (tertiary/aromatic N) is 1. The third kappa shape index (κ3) is 41.2. The summed E-state index contributed by atoms with van der Waals surface area (Å²) in [5.74, 6) is -0.894. The van der Waals surface area contributed by atoms with Crippen molar-refractivity contribution in [1.82, 2.24) is 0 Å². The van der Waals surface area contributed by atoms with Crippen LogP contribution in [0.1, 0.15) is 162 Å². The maximum atomic E-state index is 12.6. The minimum absolute atomic E-state index is 0.0427. The largest absolute Gasteiger partial charge is 0.756 e. The number of phosphoric acid groups is 1. The summed E-state index contributed by atoms with van der Waals surface area (Å²) in [4.78, 5) is 37.5. The molecule has 0 spiro atoms. The van der Waals surface area contributed by atoms with Crippen LogP contribution < -0.4 is 4.89 Å². The summed E-state index contributed by atoms with van der Waals surface area (Å²) in [5, 5.41) is 0. The minimum atomic E-state index is -4.64. The molecule has 0 bridgehead atoms. The Kier molecular flexibility index (Phi) is 35.7. The number of allylic oxidation sites excluding steroid dienone is 10. The fourth-order valence-electron chi connectivity index (χ4n) is 5.48.